The fourth-order valence-corrected chi connectivity index (χ4v) is 4.72. The van der Waals surface area contributed by atoms with Crippen LogP contribution in [0.2, 0.25) is 0 Å². The Labute approximate surface area is 188 Å². The maximum absolute atomic E-state index is 12.6. The number of amides is 1. The van der Waals surface area contributed by atoms with E-state index in [1.165, 1.54) is 12.8 Å². The molecule has 3 aliphatic rings. The minimum absolute atomic E-state index is 0.227. The van der Waals surface area contributed by atoms with Crippen molar-refractivity contribution in [1.82, 2.24) is 20.8 Å². The number of hydrogen-bond acceptors (Lipinski definition) is 8. The van der Waals surface area contributed by atoms with Gasteiger partial charge in [0, 0.05) is 37.6 Å². The maximum atomic E-state index is 12.6. The molecule has 0 saturated carbocycles. The van der Waals surface area contributed by atoms with E-state index in [9.17, 15) is 9.90 Å². The third-order valence-electron chi connectivity index (χ3n) is 6.44. The lowest BCUT2D eigenvalue weighted by Gasteiger charge is -2.32. The van der Waals surface area contributed by atoms with Gasteiger partial charge < -0.3 is 20.2 Å². The Kier molecular flexibility index (Phi) is 6.09. The second-order valence-electron chi connectivity index (χ2n) is 8.82. The Hall–Kier alpha value is -2.91. The molecular formula is C23H31N7O2. The first kappa shape index (κ1) is 21.0. The van der Waals surface area contributed by atoms with Crippen molar-refractivity contribution in [3.63, 3.8) is 0 Å². The number of hydrogen-bond donors (Lipinski definition) is 4. The van der Waals surface area contributed by atoms with E-state index in [1.54, 1.807) is 0 Å². The van der Waals surface area contributed by atoms with Crippen molar-refractivity contribution in [3.8, 4) is 0 Å². The average Bonchev–Trinajstić information content (AvgIpc) is 3.09. The lowest BCUT2D eigenvalue weighted by Crippen LogP contribution is -2.43. The number of nitrogens with one attached hydrogen (secondary N) is 3. The number of β-amino-alcohol motifs (C(OH)–C–C–N with tert-alkyl or cyclic N) is 1. The molecular weight excluding hydrogens is 406 g/mol. The second kappa shape index (κ2) is 9.30. The van der Waals surface area contributed by atoms with E-state index >= 15 is 0 Å². The highest BCUT2D eigenvalue weighted by Gasteiger charge is 2.26. The second-order valence-corrected chi connectivity index (χ2v) is 8.82. The highest BCUT2D eigenvalue weighted by molar-refractivity contribution is 6.01. The molecule has 5 rings (SSSR count). The molecule has 2 aromatic rings. The fourth-order valence-electron chi connectivity index (χ4n) is 4.72. The van der Waals surface area contributed by atoms with Crippen molar-refractivity contribution in [3.05, 3.63) is 35.5 Å². The van der Waals surface area contributed by atoms with E-state index in [-0.39, 0.29) is 12.0 Å². The topological polar surface area (TPSA) is 106 Å². The van der Waals surface area contributed by atoms with Gasteiger partial charge in [-0.15, -0.1) is 0 Å². The Balaban J connectivity index is 1.41. The van der Waals surface area contributed by atoms with Crippen LogP contribution in [0.25, 0.3) is 0 Å². The van der Waals surface area contributed by atoms with Gasteiger partial charge in [0.15, 0.2) is 0 Å². The minimum atomic E-state index is -0.265. The van der Waals surface area contributed by atoms with Crippen LogP contribution in [0.4, 0.5) is 23.1 Å². The van der Waals surface area contributed by atoms with Crippen LogP contribution in [0.15, 0.2) is 24.3 Å². The van der Waals surface area contributed by atoms with Crippen molar-refractivity contribution in [2.75, 3.05) is 41.3 Å². The van der Waals surface area contributed by atoms with E-state index in [1.807, 2.05) is 24.3 Å². The van der Waals surface area contributed by atoms with Crippen molar-refractivity contribution in [2.45, 2.75) is 51.2 Å². The predicted octanol–water partition coefficient (Wildman–Crippen LogP) is 2.31. The minimum Gasteiger partial charge on any atom is -0.391 e. The SMILES string of the molecule is O=C1NNCc2nc(N3CCCCCC3)nc(Nc3ccc(N4CCCC(O)C4)cc3)c21. The molecule has 0 radical (unpaired) electrons. The van der Waals surface area contributed by atoms with Crippen LogP contribution in [0.3, 0.4) is 0 Å². The summed E-state index contributed by atoms with van der Waals surface area (Å²) < 4.78 is 0. The van der Waals surface area contributed by atoms with E-state index in [2.05, 4.69) is 26.0 Å². The molecule has 0 spiro atoms. The smallest absolute Gasteiger partial charge is 0.271 e. The quantitative estimate of drug-likeness (QED) is 0.578. The number of carbonyl (C=O) groups excluding carboxylic acids is 1. The molecule has 4 N–H and O–H groups in total. The van der Waals surface area contributed by atoms with Crippen LogP contribution in [-0.2, 0) is 6.54 Å². The number of piperidine rings is 1. The number of benzene rings is 1. The van der Waals surface area contributed by atoms with Crippen molar-refractivity contribution >= 4 is 29.0 Å². The van der Waals surface area contributed by atoms with Crippen LogP contribution < -0.4 is 26.0 Å². The van der Waals surface area contributed by atoms with Gasteiger partial charge in [-0.2, -0.15) is 4.98 Å². The van der Waals surface area contributed by atoms with Gasteiger partial charge in [0.05, 0.1) is 18.3 Å². The van der Waals surface area contributed by atoms with Crippen molar-refractivity contribution in [1.29, 1.82) is 0 Å². The van der Waals surface area contributed by atoms with E-state index in [0.29, 0.717) is 36.1 Å². The molecule has 1 aromatic heterocycles. The molecule has 2 saturated heterocycles. The summed E-state index contributed by atoms with van der Waals surface area (Å²) in [6.07, 6.45) is 6.33. The molecule has 32 heavy (non-hydrogen) atoms. The van der Waals surface area contributed by atoms with E-state index in [4.69, 9.17) is 9.97 Å². The van der Waals surface area contributed by atoms with Crippen LogP contribution in [0.1, 0.15) is 54.6 Å². The van der Waals surface area contributed by atoms with Crippen LogP contribution in [0.5, 0.6) is 0 Å². The average molecular weight is 438 g/mol. The summed E-state index contributed by atoms with van der Waals surface area (Å²) in [6, 6.07) is 8.08. The zero-order valence-corrected chi connectivity index (χ0v) is 18.3. The largest absolute Gasteiger partial charge is 0.391 e. The zero-order valence-electron chi connectivity index (χ0n) is 18.3. The summed E-state index contributed by atoms with van der Waals surface area (Å²) in [4.78, 5) is 26.6. The summed E-state index contributed by atoms with van der Waals surface area (Å²) in [5.41, 5.74) is 8.74. The third-order valence-corrected chi connectivity index (χ3v) is 6.44. The third kappa shape index (κ3) is 4.49. The lowest BCUT2D eigenvalue weighted by molar-refractivity contribution is 0.0919. The monoisotopic (exact) mass is 437 g/mol. The van der Waals surface area contributed by atoms with Crippen LogP contribution in [0, 0.1) is 0 Å². The first-order valence-corrected chi connectivity index (χ1v) is 11.7. The molecule has 1 amide bonds. The van der Waals surface area contributed by atoms with Gasteiger partial charge in [0.25, 0.3) is 5.91 Å². The molecule has 9 heteroatoms. The fraction of sp³-hybridized carbons (Fsp3) is 0.522. The number of aliphatic hydroxyl groups excluding tert-OH is 1. The Morgan fingerprint density at radius 2 is 1.72 bits per heavy atom. The summed E-state index contributed by atoms with van der Waals surface area (Å²) in [6.45, 7) is 3.96. The molecule has 9 nitrogen and oxygen atoms in total. The number of rotatable bonds is 4. The Bertz CT molecular complexity index is 958. The highest BCUT2D eigenvalue weighted by atomic mass is 16.3. The summed E-state index contributed by atoms with van der Waals surface area (Å²) in [5, 5.41) is 13.3. The highest BCUT2D eigenvalue weighted by Crippen LogP contribution is 2.28. The number of hydrazine groups is 1. The maximum Gasteiger partial charge on any atom is 0.271 e. The summed E-state index contributed by atoms with van der Waals surface area (Å²) >= 11 is 0. The molecule has 1 unspecified atom stereocenters. The normalized spacial score (nSPS) is 21.5. The summed E-state index contributed by atoms with van der Waals surface area (Å²) in [5.74, 6) is 0.994. The molecule has 1 atom stereocenters. The first-order chi connectivity index (χ1) is 15.7. The number of nitrogens with zero attached hydrogens (tertiary/aromatic N) is 4. The van der Waals surface area contributed by atoms with Gasteiger partial charge in [-0.1, -0.05) is 12.8 Å². The first-order valence-electron chi connectivity index (χ1n) is 11.7. The molecule has 4 heterocycles. The van der Waals surface area contributed by atoms with Crippen molar-refractivity contribution < 1.29 is 9.90 Å². The molecule has 1 aromatic carbocycles. The van der Waals surface area contributed by atoms with E-state index < -0.39 is 0 Å². The van der Waals surface area contributed by atoms with Gasteiger partial charge in [0.2, 0.25) is 5.95 Å². The van der Waals surface area contributed by atoms with Gasteiger partial charge in [0.1, 0.15) is 11.4 Å². The summed E-state index contributed by atoms with van der Waals surface area (Å²) in [7, 11) is 0. The molecule has 3 aliphatic heterocycles. The number of fused-ring (bicyclic) bond motifs is 1. The standard InChI is InChI=1S/C23H31N7O2/c31-18-6-5-13-30(15-18)17-9-7-16(8-10-17)25-21-20-19(14-24-28-22(20)32)26-23(27-21)29-11-3-1-2-4-12-29/h7-10,18,24,31H,1-6,11-15H2,(H,28,32)(H,25,26,27). The number of aliphatic hydroxyl groups is 1. The number of aromatic nitrogens is 2. The van der Waals surface area contributed by atoms with Crippen molar-refractivity contribution in [2.24, 2.45) is 0 Å². The lowest BCUT2D eigenvalue weighted by atomic mass is 10.1. The van der Waals surface area contributed by atoms with Gasteiger partial charge >= 0.3 is 0 Å². The number of carbonyl (C=O) groups is 1. The number of anilines is 4. The van der Waals surface area contributed by atoms with Gasteiger partial charge in [-0.05, 0) is 49.9 Å². The predicted molar refractivity (Wildman–Crippen MR) is 124 cm³/mol. The Morgan fingerprint density at radius 3 is 2.47 bits per heavy atom. The van der Waals surface area contributed by atoms with E-state index in [0.717, 1.165) is 56.7 Å². The van der Waals surface area contributed by atoms with Gasteiger partial charge in [-0.3, -0.25) is 10.2 Å². The van der Waals surface area contributed by atoms with Crippen LogP contribution >= 0.6 is 0 Å². The molecule has 2 fully saturated rings. The molecule has 0 bridgehead atoms. The van der Waals surface area contributed by atoms with Gasteiger partial charge in [-0.25, -0.2) is 10.4 Å². The zero-order chi connectivity index (χ0) is 21.9. The molecule has 0 aliphatic carbocycles. The van der Waals surface area contributed by atoms with Crippen LogP contribution in [-0.4, -0.2) is 53.3 Å². The Morgan fingerprint density at radius 1 is 0.969 bits per heavy atom. The molecule has 170 valence electrons.